The minimum Gasteiger partial charge on any atom is -0.389 e. The second-order valence-corrected chi connectivity index (χ2v) is 3.93. The summed E-state index contributed by atoms with van der Waals surface area (Å²) in [5.74, 6) is 5.42. The lowest BCUT2D eigenvalue weighted by molar-refractivity contribution is 0.637. The summed E-state index contributed by atoms with van der Waals surface area (Å²) >= 11 is 0. The standard InChI is InChI=1S/C12H27N3/c1-3-5-7-8-10-14-11-12(15-13)9-6-4-2/h11,14-15H,3-10,13H2,1-2H3/b12-11-. The Labute approximate surface area is 94.5 Å². The van der Waals surface area contributed by atoms with Crippen LogP contribution in [-0.4, -0.2) is 6.54 Å². The number of hydrogen-bond acceptors (Lipinski definition) is 3. The van der Waals surface area contributed by atoms with Crippen molar-refractivity contribution in [3.63, 3.8) is 0 Å². The fourth-order valence-electron chi connectivity index (χ4n) is 1.40. The smallest absolute Gasteiger partial charge is 0.0415 e. The van der Waals surface area contributed by atoms with Crippen molar-refractivity contribution in [2.45, 2.75) is 58.8 Å². The molecule has 0 aliphatic carbocycles. The van der Waals surface area contributed by atoms with E-state index in [1.165, 1.54) is 38.5 Å². The Morgan fingerprint density at radius 1 is 1.07 bits per heavy atom. The third kappa shape index (κ3) is 9.60. The topological polar surface area (TPSA) is 50.1 Å². The molecule has 0 unspecified atom stereocenters. The van der Waals surface area contributed by atoms with Gasteiger partial charge in [-0.25, -0.2) is 0 Å². The lowest BCUT2D eigenvalue weighted by atomic mass is 10.2. The zero-order valence-electron chi connectivity index (χ0n) is 10.3. The van der Waals surface area contributed by atoms with Crippen LogP contribution in [0.5, 0.6) is 0 Å². The van der Waals surface area contributed by atoms with Crippen LogP contribution in [-0.2, 0) is 0 Å². The predicted octanol–water partition coefficient (Wildman–Crippen LogP) is 2.65. The van der Waals surface area contributed by atoms with Gasteiger partial charge in [0.2, 0.25) is 0 Å². The minimum atomic E-state index is 1.04. The Hall–Kier alpha value is -0.700. The van der Waals surface area contributed by atoms with Crippen molar-refractivity contribution in [3.05, 3.63) is 11.9 Å². The van der Waals surface area contributed by atoms with Gasteiger partial charge in [0.05, 0.1) is 0 Å². The van der Waals surface area contributed by atoms with Crippen molar-refractivity contribution >= 4 is 0 Å². The molecule has 4 N–H and O–H groups in total. The van der Waals surface area contributed by atoms with E-state index < -0.39 is 0 Å². The number of nitrogens with one attached hydrogen (secondary N) is 2. The van der Waals surface area contributed by atoms with Gasteiger partial charge in [0, 0.05) is 18.4 Å². The molecule has 0 bridgehead atoms. The van der Waals surface area contributed by atoms with Crippen LogP contribution in [0.3, 0.4) is 0 Å². The summed E-state index contributed by atoms with van der Waals surface area (Å²) in [6.07, 6.45) is 10.6. The summed E-state index contributed by atoms with van der Waals surface area (Å²) in [5.41, 5.74) is 3.84. The van der Waals surface area contributed by atoms with E-state index in [0.29, 0.717) is 0 Å². The number of rotatable bonds is 10. The van der Waals surface area contributed by atoms with Crippen LogP contribution in [0.2, 0.25) is 0 Å². The summed E-state index contributed by atoms with van der Waals surface area (Å²) in [6.45, 7) is 5.47. The first-order chi connectivity index (χ1) is 7.35. The van der Waals surface area contributed by atoms with Gasteiger partial charge >= 0.3 is 0 Å². The molecule has 0 saturated carbocycles. The van der Waals surface area contributed by atoms with Crippen LogP contribution in [0.15, 0.2) is 11.9 Å². The maximum atomic E-state index is 5.42. The van der Waals surface area contributed by atoms with Crippen molar-refractivity contribution in [1.82, 2.24) is 10.7 Å². The fraction of sp³-hybridized carbons (Fsp3) is 0.833. The number of hydrogen-bond donors (Lipinski definition) is 3. The summed E-state index contributed by atoms with van der Waals surface area (Å²) in [5, 5.41) is 3.30. The molecule has 15 heavy (non-hydrogen) atoms. The average molecular weight is 213 g/mol. The lowest BCUT2D eigenvalue weighted by Crippen LogP contribution is -2.23. The van der Waals surface area contributed by atoms with Crippen LogP contribution in [0.25, 0.3) is 0 Å². The highest BCUT2D eigenvalue weighted by Crippen LogP contribution is 2.02. The van der Waals surface area contributed by atoms with Gasteiger partial charge in [0.1, 0.15) is 0 Å². The lowest BCUT2D eigenvalue weighted by Gasteiger charge is -2.07. The molecule has 0 atom stereocenters. The molecular formula is C12H27N3. The molecule has 0 aromatic rings. The van der Waals surface area contributed by atoms with E-state index >= 15 is 0 Å². The Balaban J connectivity index is 3.44. The molecule has 0 radical (unpaired) electrons. The van der Waals surface area contributed by atoms with Gasteiger partial charge in [0.25, 0.3) is 0 Å². The average Bonchev–Trinajstić information content (AvgIpc) is 2.27. The first kappa shape index (κ1) is 14.3. The van der Waals surface area contributed by atoms with Crippen LogP contribution in [0, 0.1) is 0 Å². The van der Waals surface area contributed by atoms with E-state index in [0.717, 1.165) is 18.7 Å². The molecule has 0 saturated heterocycles. The van der Waals surface area contributed by atoms with E-state index in [2.05, 4.69) is 24.6 Å². The highest BCUT2D eigenvalue weighted by atomic mass is 15.2. The Bertz CT molecular complexity index is 155. The highest BCUT2D eigenvalue weighted by molar-refractivity contribution is 4.96. The quantitative estimate of drug-likeness (QED) is 0.297. The first-order valence-electron chi connectivity index (χ1n) is 6.24. The predicted molar refractivity (Wildman–Crippen MR) is 67.1 cm³/mol. The fourth-order valence-corrected chi connectivity index (χ4v) is 1.40. The molecule has 0 heterocycles. The van der Waals surface area contributed by atoms with Crippen molar-refractivity contribution in [3.8, 4) is 0 Å². The number of nitrogens with two attached hydrogens (primary N) is 1. The molecule has 3 heteroatoms. The van der Waals surface area contributed by atoms with E-state index in [-0.39, 0.29) is 0 Å². The van der Waals surface area contributed by atoms with Gasteiger partial charge in [-0.3, -0.25) is 5.84 Å². The summed E-state index contributed by atoms with van der Waals surface area (Å²) in [4.78, 5) is 0. The molecule has 0 spiro atoms. The van der Waals surface area contributed by atoms with Crippen LogP contribution < -0.4 is 16.6 Å². The molecular weight excluding hydrogens is 186 g/mol. The molecule has 0 rings (SSSR count). The number of unbranched alkanes of at least 4 members (excludes halogenated alkanes) is 4. The van der Waals surface area contributed by atoms with Crippen molar-refractivity contribution in [2.75, 3.05) is 6.54 Å². The van der Waals surface area contributed by atoms with Gasteiger partial charge in [-0.05, 0) is 19.3 Å². The van der Waals surface area contributed by atoms with Crippen LogP contribution in [0.1, 0.15) is 58.8 Å². The molecule has 3 nitrogen and oxygen atoms in total. The van der Waals surface area contributed by atoms with E-state index in [4.69, 9.17) is 5.84 Å². The summed E-state index contributed by atoms with van der Waals surface area (Å²) in [7, 11) is 0. The summed E-state index contributed by atoms with van der Waals surface area (Å²) < 4.78 is 0. The Kier molecular flexibility index (Phi) is 10.8. The third-order valence-corrected chi connectivity index (χ3v) is 2.44. The van der Waals surface area contributed by atoms with Crippen LogP contribution >= 0.6 is 0 Å². The van der Waals surface area contributed by atoms with E-state index in [1.54, 1.807) is 0 Å². The number of hydrazine groups is 1. The Morgan fingerprint density at radius 2 is 1.80 bits per heavy atom. The maximum Gasteiger partial charge on any atom is 0.0415 e. The minimum absolute atomic E-state index is 1.04. The second-order valence-electron chi connectivity index (χ2n) is 3.93. The van der Waals surface area contributed by atoms with Gasteiger partial charge < -0.3 is 10.7 Å². The van der Waals surface area contributed by atoms with Gasteiger partial charge in [0.15, 0.2) is 0 Å². The third-order valence-electron chi connectivity index (χ3n) is 2.44. The van der Waals surface area contributed by atoms with E-state index in [1.807, 2.05) is 6.20 Å². The molecule has 0 fully saturated rings. The zero-order valence-corrected chi connectivity index (χ0v) is 10.3. The van der Waals surface area contributed by atoms with Crippen LogP contribution in [0.4, 0.5) is 0 Å². The molecule has 0 aromatic carbocycles. The molecule has 0 aliphatic rings. The second kappa shape index (κ2) is 11.4. The van der Waals surface area contributed by atoms with Crippen molar-refractivity contribution < 1.29 is 0 Å². The van der Waals surface area contributed by atoms with E-state index in [9.17, 15) is 0 Å². The largest absolute Gasteiger partial charge is 0.389 e. The number of allylic oxidation sites excluding steroid dienone is 1. The van der Waals surface area contributed by atoms with Crippen molar-refractivity contribution in [1.29, 1.82) is 0 Å². The molecule has 90 valence electrons. The maximum absolute atomic E-state index is 5.42. The first-order valence-corrected chi connectivity index (χ1v) is 6.24. The summed E-state index contributed by atoms with van der Waals surface area (Å²) in [6, 6.07) is 0. The highest BCUT2D eigenvalue weighted by Gasteiger charge is 1.92. The monoisotopic (exact) mass is 213 g/mol. The zero-order chi connectivity index (χ0) is 11.4. The molecule has 0 amide bonds. The van der Waals surface area contributed by atoms with Gasteiger partial charge in [-0.1, -0.05) is 39.5 Å². The molecule has 0 aliphatic heterocycles. The molecule has 0 aromatic heterocycles. The van der Waals surface area contributed by atoms with Crippen molar-refractivity contribution in [2.24, 2.45) is 5.84 Å². The van der Waals surface area contributed by atoms with Gasteiger partial charge in [-0.2, -0.15) is 0 Å². The van der Waals surface area contributed by atoms with Gasteiger partial charge in [-0.15, -0.1) is 0 Å². The Morgan fingerprint density at radius 3 is 2.40 bits per heavy atom. The normalized spacial score (nSPS) is 11.5. The SMILES string of the molecule is CCCCCCN/C=C(/CCCC)NN.